The van der Waals surface area contributed by atoms with Gasteiger partial charge in [-0.05, 0) is 12.8 Å². The fourth-order valence-corrected chi connectivity index (χ4v) is 0.767. The van der Waals surface area contributed by atoms with Gasteiger partial charge in [0.2, 0.25) is 0 Å². The molecule has 116 valence electrons. The Labute approximate surface area is 112 Å². The van der Waals surface area contributed by atoms with E-state index < -0.39 is 36.1 Å². The largest absolute Gasteiger partial charge is 0.481 e. The topological polar surface area (TPSA) is 190 Å². The van der Waals surface area contributed by atoms with Crippen LogP contribution in [0.2, 0.25) is 0 Å². The molecule has 0 aromatic heterocycles. The highest BCUT2D eigenvalue weighted by Crippen LogP contribution is 1.96. The van der Waals surface area contributed by atoms with Crippen LogP contribution in [0.1, 0.15) is 25.7 Å². The van der Waals surface area contributed by atoms with Gasteiger partial charge in [0, 0.05) is 12.8 Å². The summed E-state index contributed by atoms with van der Waals surface area (Å²) in [6.07, 6.45) is -4.26. The van der Waals surface area contributed by atoms with Crippen LogP contribution in [-0.2, 0) is 19.2 Å². The second-order valence-electron chi connectivity index (χ2n) is 3.57. The molecule has 1 unspecified atom stereocenters. The van der Waals surface area contributed by atoms with Crippen molar-refractivity contribution >= 4 is 23.9 Å². The minimum Gasteiger partial charge on any atom is -0.481 e. The van der Waals surface area contributed by atoms with Crippen molar-refractivity contribution in [3.8, 4) is 0 Å². The average molecular weight is 296 g/mol. The van der Waals surface area contributed by atoms with Gasteiger partial charge in [-0.25, -0.2) is 9.59 Å². The van der Waals surface area contributed by atoms with Crippen LogP contribution in [0.3, 0.4) is 0 Å². The van der Waals surface area contributed by atoms with Crippen molar-refractivity contribution in [1.29, 1.82) is 0 Å². The molecule has 10 nitrogen and oxygen atoms in total. The van der Waals surface area contributed by atoms with Crippen LogP contribution in [0, 0.1) is 0 Å². The number of aliphatic hydroxyl groups excluding tert-OH is 2. The first kappa shape index (κ1) is 20.1. The van der Waals surface area contributed by atoms with E-state index in [1.54, 1.807) is 0 Å². The zero-order valence-corrected chi connectivity index (χ0v) is 10.3. The Kier molecular flexibility index (Phi) is 10.8. The molecule has 6 N–H and O–H groups in total. The van der Waals surface area contributed by atoms with Gasteiger partial charge in [-0.3, -0.25) is 9.59 Å². The maximum absolute atomic E-state index is 9.87. The summed E-state index contributed by atoms with van der Waals surface area (Å²) in [5.41, 5.74) is 0. The maximum atomic E-state index is 9.87. The molecule has 20 heavy (non-hydrogen) atoms. The quantitative estimate of drug-likeness (QED) is 0.310. The highest BCUT2D eigenvalue weighted by Gasteiger charge is 2.14. The minimum atomic E-state index is -1.56. The molecule has 0 aliphatic rings. The molecule has 0 fully saturated rings. The van der Waals surface area contributed by atoms with Gasteiger partial charge < -0.3 is 30.6 Å². The normalized spacial score (nSPS) is 12.5. The molecule has 10 heteroatoms. The van der Waals surface area contributed by atoms with Crippen LogP contribution in [0.25, 0.3) is 0 Å². The van der Waals surface area contributed by atoms with Crippen molar-refractivity contribution in [3.63, 3.8) is 0 Å². The van der Waals surface area contributed by atoms with Gasteiger partial charge in [0.15, 0.2) is 12.2 Å². The Morgan fingerprint density at radius 3 is 1.05 bits per heavy atom. The third-order valence-corrected chi connectivity index (χ3v) is 1.83. The van der Waals surface area contributed by atoms with Crippen molar-refractivity contribution in [3.05, 3.63) is 0 Å². The SMILES string of the molecule is O=C(O)CCC(O)C(=O)O.O=C(O)CC[C@H](O)C(=O)O. The number of hydrogen-bond acceptors (Lipinski definition) is 6. The first-order valence-electron chi connectivity index (χ1n) is 5.33. The molecule has 0 radical (unpaired) electrons. The first-order chi connectivity index (χ1) is 9.07. The smallest absolute Gasteiger partial charge is 0.332 e. The highest BCUT2D eigenvalue weighted by molar-refractivity contribution is 5.74. The van der Waals surface area contributed by atoms with Crippen molar-refractivity contribution in [2.45, 2.75) is 37.9 Å². The number of carboxylic acid groups (broad SMARTS) is 4. The molecule has 0 aliphatic carbocycles. The van der Waals surface area contributed by atoms with E-state index in [1.807, 2.05) is 0 Å². The number of aliphatic carboxylic acids is 4. The Hall–Kier alpha value is -2.20. The van der Waals surface area contributed by atoms with E-state index in [4.69, 9.17) is 30.6 Å². The molecule has 0 aliphatic heterocycles. The molecule has 2 atom stereocenters. The van der Waals surface area contributed by atoms with Gasteiger partial charge in [0.05, 0.1) is 0 Å². The molecular formula is C10H16O10. The van der Waals surface area contributed by atoms with Gasteiger partial charge in [-0.2, -0.15) is 0 Å². The molecule has 0 saturated heterocycles. The van der Waals surface area contributed by atoms with Gasteiger partial charge in [0.25, 0.3) is 0 Å². The Bertz CT molecular complexity index is 316. The zero-order valence-electron chi connectivity index (χ0n) is 10.3. The second-order valence-corrected chi connectivity index (χ2v) is 3.57. The summed E-state index contributed by atoms with van der Waals surface area (Å²) in [5, 5.41) is 49.2. The van der Waals surface area contributed by atoms with Crippen molar-refractivity contribution < 1.29 is 49.8 Å². The third kappa shape index (κ3) is 13.9. The van der Waals surface area contributed by atoms with E-state index in [-0.39, 0.29) is 25.7 Å². The summed E-state index contributed by atoms with van der Waals surface area (Å²) in [6, 6.07) is 0. The van der Waals surface area contributed by atoms with E-state index in [0.717, 1.165) is 0 Å². The predicted octanol–water partition coefficient (Wildman–Crippen LogP) is -1.41. The highest BCUT2D eigenvalue weighted by atomic mass is 16.4. The van der Waals surface area contributed by atoms with Crippen LogP contribution < -0.4 is 0 Å². The number of aliphatic hydroxyl groups is 2. The summed E-state index contributed by atoms with van der Waals surface area (Å²) in [4.78, 5) is 39.4. The number of carbonyl (C=O) groups is 4. The lowest BCUT2D eigenvalue weighted by Gasteiger charge is -2.00. The van der Waals surface area contributed by atoms with Gasteiger partial charge in [0.1, 0.15) is 0 Å². The minimum absolute atomic E-state index is 0.245. The van der Waals surface area contributed by atoms with Crippen LogP contribution in [0.4, 0.5) is 0 Å². The van der Waals surface area contributed by atoms with E-state index in [0.29, 0.717) is 0 Å². The number of carboxylic acids is 4. The first-order valence-corrected chi connectivity index (χ1v) is 5.33. The summed E-state index contributed by atoms with van der Waals surface area (Å²) < 4.78 is 0. The van der Waals surface area contributed by atoms with Gasteiger partial charge in [-0.15, -0.1) is 0 Å². The maximum Gasteiger partial charge on any atom is 0.332 e. The van der Waals surface area contributed by atoms with Crippen LogP contribution >= 0.6 is 0 Å². The summed E-state index contributed by atoms with van der Waals surface area (Å²) in [5.74, 6) is -5.00. The summed E-state index contributed by atoms with van der Waals surface area (Å²) in [7, 11) is 0. The fourth-order valence-electron chi connectivity index (χ4n) is 0.767. The van der Waals surface area contributed by atoms with Crippen molar-refractivity contribution in [1.82, 2.24) is 0 Å². The van der Waals surface area contributed by atoms with Crippen molar-refractivity contribution in [2.24, 2.45) is 0 Å². The van der Waals surface area contributed by atoms with Gasteiger partial charge in [-0.1, -0.05) is 0 Å². The molecule has 0 heterocycles. The average Bonchev–Trinajstić information content (AvgIpc) is 2.33. The van der Waals surface area contributed by atoms with Crippen LogP contribution in [0.15, 0.2) is 0 Å². The number of hydrogen-bond donors (Lipinski definition) is 6. The lowest BCUT2D eigenvalue weighted by molar-refractivity contribution is -0.149. The zero-order chi connectivity index (χ0) is 16.3. The molecule has 0 saturated carbocycles. The fraction of sp³-hybridized carbons (Fsp3) is 0.600. The van der Waals surface area contributed by atoms with E-state index in [2.05, 4.69) is 0 Å². The Morgan fingerprint density at radius 1 is 0.650 bits per heavy atom. The Balaban J connectivity index is 0. The molecular weight excluding hydrogens is 280 g/mol. The summed E-state index contributed by atoms with van der Waals surface area (Å²) in [6.45, 7) is 0. The van der Waals surface area contributed by atoms with E-state index in [9.17, 15) is 19.2 Å². The molecule has 0 amide bonds. The number of rotatable bonds is 8. The van der Waals surface area contributed by atoms with E-state index >= 15 is 0 Å². The molecule has 0 spiro atoms. The molecule has 0 bridgehead atoms. The van der Waals surface area contributed by atoms with E-state index in [1.165, 1.54) is 0 Å². The van der Waals surface area contributed by atoms with Gasteiger partial charge >= 0.3 is 23.9 Å². The monoisotopic (exact) mass is 296 g/mol. The molecule has 0 aromatic carbocycles. The van der Waals surface area contributed by atoms with Crippen LogP contribution in [0.5, 0.6) is 0 Å². The molecule has 0 aromatic rings. The standard InChI is InChI=1S/2C5H8O5/c2*6-3(5(9)10)1-2-4(7)8/h2*3,6H,1-2H2,(H,7,8)(H,9,10)/t3-;/m0./s1. The van der Waals surface area contributed by atoms with Crippen LogP contribution in [-0.4, -0.2) is 66.7 Å². The second kappa shape index (κ2) is 10.7. The summed E-state index contributed by atoms with van der Waals surface area (Å²) >= 11 is 0. The van der Waals surface area contributed by atoms with Crippen molar-refractivity contribution in [2.75, 3.05) is 0 Å². The predicted molar refractivity (Wildman–Crippen MR) is 61.0 cm³/mol. The Morgan fingerprint density at radius 2 is 0.900 bits per heavy atom. The molecule has 0 rings (SSSR count). The lowest BCUT2D eigenvalue weighted by Crippen LogP contribution is -2.20. The third-order valence-electron chi connectivity index (χ3n) is 1.83. The lowest BCUT2D eigenvalue weighted by atomic mass is 10.2.